The third-order valence-corrected chi connectivity index (χ3v) is 5.16. The van der Waals surface area contributed by atoms with Gasteiger partial charge >= 0.3 is 5.97 Å². The number of fused-ring (bicyclic) bond motifs is 1. The molecule has 1 saturated carbocycles. The van der Waals surface area contributed by atoms with Crippen LogP contribution >= 0.6 is 0 Å². The van der Waals surface area contributed by atoms with Gasteiger partial charge in [0, 0.05) is 6.54 Å². The van der Waals surface area contributed by atoms with E-state index < -0.39 is 25.0 Å². The summed E-state index contributed by atoms with van der Waals surface area (Å²) in [4.78, 5) is 49.4. The van der Waals surface area contributed by atoms with Crippen molar-refractivity contribution in [3.05, 3.63) is 35.9 Å². The van der Waals surface area contributed by atoms with E-state index in [1.807, 2.05) is 30.3 Å². The maximum Gasteiger partial charge on any atom is 0.326 e. The van der Waals surface area contributed by atoms with Crippen molar-refractivity contribution in [1.82, 2.24) is 10.2 Å². The van der Waals surface area contributed by atoms with Crippen molar-refractivity contribution in [3.8, 4) is 0 Å². The van der Waals surface area contributed by atoms with Crippen LogP contribution in [0.15, 0.2) is 30.3 Å². The lowest BCUT2D eigenvalue weighted by molar-refractivity contribution is -0.154. The highest BCUT2D eigenvalue weighted by Gasteiger charge is 2.48. The van der Waals surface area contributed by atoms with Crippen molar-refractivity contribution >= 4 is 23.7 Å². The van der Waals surface area contributed by atoms with Crippen molar-refractivity contribution in [1.29, 1.82) is 0 Å². The maximum absolute atomic E-state index is 12.3. The van der Waals surface area contributed by atoms with Crippen LogP contribution in [0.2, 0.25) is 0 Å². The molecule has 0 spiro atoms. The van der Waals surface area contributed by atoms with Gasteiger partial charge in [-0.1, -0.05) is 43.2 Å². The van der Waals surface area contributed by atoms with Gasteiger partial charge in [-0.05, 0) is 24.8 Å². The molecule has 144 valence electrons. The molecule has 1 aromatic rings. The monoisotopic (exact) mass is 372 g/mol. The molecule has 1 aliphatic heterocycles. The minimum absolute atomic E-state index is 0.283. The summed E-state index contributed by atoms with van der Waals surface area (Å²) in [6.45, 7) is -0.397. The zero-order valence-electron chi connectivity index (χ0n) is 15.2. The first-order valence-electron chi connectivity index (χ1n) is 9.37. The second-order valence-corrected chi connectivity index (χ2v) is 7.01. The summed E-state index contributed by atoms with van der Waals surface area (Å²) < 4.78 is 4.92. The Morgan fingerprint density at radius 3 is 2.30 bits per heavy atom. The Morgan fingerprint density at radius 1 is 1.04 bits per heavy atom. The summed E-state index contributed by atoms with van der Waals surface area (Å²) in [6.07, 6.45) is 3.94. The minimum Gasteiger partial charge on any atom is -0.454 e. The molecule has 0 radical (unpaired) electrons. The predicted molar refractivity (Wildman–Crippen MR) is 96.3 cm³/mol. The topological polar surface area (TPSA) is 92.8 Å². The third kappa shape index (κ3) is 4.72. The standard InChI is InChI=1S/C20H24N2O5/c23-17(21-11-10-14-6-2-1-3-7-14)13-27-18(24)12-22-19(25)15-8-4-5-9-16(15)20(22)26/h1-3,6-7,15-16H,4-5,8-13H2,(H,21,23)/t15-,16-/m0/s1. The quantitative estimate of drug-likeness (QED) is 0.571. The van der Waals surface area contributed by atoms with E-state index in [4.69, 9.17) is 4.74 Å². The number of hydrogen-bond donors (Lipinski definition) is 1. The Labute approximate surface area is 158 Å². The molecule has 0 bridgehead atoms. The second-order valence-electron chi connectivity index (χ2n) is 7.01. The number of carbonyl (C=O) groups excluding carboxylic acids is 4. The molecule has 27 heavy (non-hydrogen) atoms. The highest BCUT2D eigenvalue weighted by atomic mass is 16.5. The number of likely N-dealkylation sites (tertiary alicyclic amines) is 1. The van der Waals surface area contributed by atoms with Gasteiger partial charge in [0.2, 0.25) is 11.8 Å². The summed E-state index contributed by atoms with van der Waals surface area (Å²) in [7, 11) is 0. The number of imide groups is 1. The molecule has 0 unspecified atom stereocenters. The Balaban J connectivity index is 1.38. The number of amides is 3. The van der Waals surface area contributed by atoms with Crippen LogP contribution in [-0.2, 0) is 30.3 Å². The molecule has 2 fully saturated rings. The number of nitrogens with zero attached hydrogens (tertiary/aromatic N) is 1. The number of nitrogens with one attached hydrogen (secondary N) is 1. The average Bonchev–Trinajstić information content (AvgIpc) is 2.92. The van der Waals surface area contributed by atoms with Gasteiger partial charge in [0.15, 0.2) is 6.61 Å². The molecule has 1 saturated heterocycles. The van der Waals surface area contributed by atoms with Crippen molar-refractivity contribution in [2.45, 2.75) is 32.1 Å². The SMILES string of the molecule is O=C(COC(=O)CN1C(=O)[C@H]2CCCC[C@@H]2C1=O)NCCc1ccccc1. The number of esters is 1. The fourth-order valence-electron chi connectivity index (χ4n) is 3.75. The first-order valence-corrected chi connectivity index (χ1v) is 9.37. The van der Waals surface area contributed by atoms with Crippen molar-refractivity contribution < 1.29 is 23.9 Å². The molecule has 2 aliphatic rings. The van der Waals surface area contributed by atoms with Crippen LogP contribution < -0.4 is 5.32 Å². The van der Waals surface area contributed by atoms with Crippen molar-refractivity contribution in [2.24, 2.45) is 11.8 Å². The summed E-state index contributed by atoms with van der Waals surface area (Å²) in [6, 6.07) is 9.71. The zero-order valence-corrected chi connectivity index (χ0v) is 15.2. The van der Waals surface area contributed by atoms with Gasteiger partial charge in [0.05, 0.1) is 11.8 Å². The highest BCUT2D eigenvalue weighted by Crippen LogP contribution is 2.37. The van der Waals surface area contributed by atoms with E-state index in [1.165, 1.54) is 0 Å². The van der Waals surface area contributed by atoms with Crippen LogP contribution in [0.5, 0.6) is 0 Å². The molecule has 7 heteroatoms. The van der Waals surface area contributed by atoms with E-state index in [-0.39, 0.29) is 23.7 Å². The lowest BCUT2D eigenvalue weighted by Gasteiger charge is -2.19. The lowest BCUT2D eigenvalue weighted by atomic mass is 9.81. The van der Waals surface area contributed by atoms with Gasteiger partial charge in [0.1, 0.15) is 6.54 Å². The minimum atomic E-state index is -0.742. The summed E-state index contributed by atoms with van der Waals surface area (Å²) >= 11 is 0. The molecule has 3 amide bonds. The van der Waals surface area contributed by atoms with E-state index in [9.17, 15) is 19.2 Å². The maximum atomic E-state index is 12.3. The zero-order chi connectivity index (χ0) is 19.2. The molecule has 1 heterocycles. The number of benzene rings is 1. The molecule has 1 N–H and O–H groups in total. The summed E-state index contributed by atoms with van der Waals surface area (Å²) in [5, 5.41) is 2.67. The van der Waals surface area contributed by atoms with Crippen molar-refractivity contribution in [2.75, 3.05) is 19.7 Å². The Kier molecular flexibility index (Phi) is 6.21. The van der Waals surface area contributed by atoms with E-state index in [0.29, 0.717) is 25.8 Å². The number of ether oxygens (including phenoxy) is 1. The fraction of sp³-hybridized carbons (Fsp3) is 0.500. The molecule has 7 nitrogen and oxygen atoms in total. The van der Waals surface area contributed by atoms with Crippen LogP contribution in [0.4, 0.5) is 0 Å². The molecular formula is C20H24N2O5. The molecule has 1 aromatic carbocycles. The number of rotatable bonds is 7. The number of carbonyl (C=O) groups is 4. The molecular weight excluding hydrogens is 348 g/mol. The first kappa shape index (κ1) is 19.1. The van der Waals surface area contributed by atoms with Gasteiger partial charge in [0.25, 0.3) is 5.91 Å². The van der Waals surface area contributed by atoms with E-state index >= 15 is 0 Å². The molecule has 1 aliphatic carbocycles. The fourth-order valence-corrected chi connectivity index (χ4v) is 3.75. The van der Waals surface area contributed by atoms with Crippen LogP contribution in [0, 0.1) is 11.8 Å². The van der Waals surface area contributed by atoms with E-state index in [0.717, 1.165) is 23.3 Å². The van der Waals surface area contributed by atoms with E-state index in [2.05, 4.69) is 5.32 Å². The van der Waals surface area contributed by atoms with Crippen LogP contribution in [0.25, 0.3) is 0 Å². The molecule has 3 rings (SSSR count). The van der Waals surface area contributed by atoms with Crippen LogP contribution in [-0.4, -0.2) is 48.3 Å². The molecule has 2 atom stereocenters. The smallest absolute Gasteiger partial charge is 0.326 e. The van der Waals surface area contributed by atoms with E-state index in [1.54, 1.807) is 0 Å². The van der Waals surface area contributed by atoms with Gasteiger partial charge in [-0.2, -0.15) is 0 Å². The second kappa shape index (κ2) is 8.79. The normalized spacial score (nSPS) is 21.7. The molecule has 0 aromatic heterocycles. The summed E-state index contributed by atoms with van der Waals surface area (Å²) in [5.41, 5.74) is 1.10. The van der Waals surface area contributed by atoms with Gasteiger partial charge in [-0.25, -0.2) is 0 Å². The average molecular weight is 372 g/mol. The van der Waals surface area contributed by atoms with Gasteiger partial charge in [-0.3, -0.25) is 24.1 Å². The lowest BCUT2D eigenvalue weighted by Crippen LogP contribution is -2.38. The Morgan fingerprint density at radius 2 is 1.67 bits per heavy atom. The third-order valence-electron chi connectivity index (χ3n) is 5.16. The Hall–Kier alpha value is -2.70. The number of hydrogen-bond acceptors (Lipinski definition) is 5. The Bertz CT molecular complexity index is 694. The van der Waals surface area contributed by atoms with Crippen molar-refractivity contribution in [3.63, 3.8) is 0 Å². The van der Waals surface area contributed by atoms with Crippen LogP contribution in [0.3, 0.4) is 0 Å². The van der Waals surface area contributed by atoms with Gasteiger partial charge in [-0.15, -0.1) is 0 Å². The first-order chi connectivity index (χ1) is 13.1. The summed E-state index contributed by atoms with van der Waals surface area (Å²) in [5.74, 6) is -2.30. The largest absolute Gasteiger partial charge is 0.454 e. The predicted octanol–water partition coefficient (Wildman–Crippen LogP) is 1.06. The van der Waals surface area contributed by atoms with Gasteiger partial charge < -0.3 is 10.1 Å². The highest BCUT2D eigenvalue weighted by molar-refractivity contribution is 6.07. The van der Waals surface area contributed by atoms with Crippen LogP contribution in [0.1, 0.15) is 31.2 Å².